The highest BCUT2D eigenvalue weighted by Crippen LogP contribution is 1.95. The van der Waals surface area contributed by atoms with E-state index in [9.17, 15) is 0 Å². The van der Waals surface area contributed by atoms with E-state index in [0.717, 1.165) is 31.7 Å². The Morgan fingerprint density at radius 1 is 1.47 bits per heavy atom. The van der Waals surface area contributed by atoms with Crippen molar-refractivity contribution in [3.63, 3.8) is 0 Å². The lowest BCUT2D eigenvalue weighted by Gasteiger charge is -2.03. The molecule has 0 aliphatic heterocycles. The van der Waals surface area contributed by atoms with Crippen LogP contribution < -0.4 is 5.32 Å². The first-order valence-corrected chi connectivity index (χ1v) is 5.52. The Balaban J connectivity index is 0.00000144. The van der Waals surface area contributed by atoms with E-state index in [1.807, 2.05) is 16.9 Å². The quantitative estimate of drug-likeness (QED) is 0.770. The third kappa shape index (κ3) is 4.58. The molecule has 0 aliphatic carbocycles. The Morgan fingerprint density at radius 2 is 2.35 bits per heavy atom. The van der Waals surface area contributed by atoms with Crippen LogP contribution in [-0.4, -0.2) is 26.5 Å². The highest BCUT2D eigenvalue weighted by atomic mass is 35.5. The minimum absolute atomic E-state index is 0. The van der Waals surface area contributed by atoms with Crippen LogP contribution >= 0.6 is 12.4 Å². The molecule has 5 nitrogen and oxygen atoms in total. The van der Waals surface area contributed by atoms with Crippen LogP contribution in [0, 0.1) is 6.92 Å². The molecular formula is C11H18ClN5. The van der Waals surface area contributed by atoms with Crippen LogP contribution in [0.15, 0.2) is 24.7 Å². The van der Waals surface area contributed by atoms with Gasteiger partial charge >= 0.3 is 0 Å². The number of hydrogen-bond donors (Lipinski definition) is 2. The highest BCUT2D eigenvalue weighted by molar-refractivity contribution is 5.85. The van der Waals surface area contributed by atoms with Gasteiger partial charge in [-0.05, 0) is 31.5 Å². The summed E-state index contributed by atoms with van der Waals surface area (Å²) in [4.78, 5) is 0. The van der Waals surface area contributed by atoms with Crippen molar-refractivity contribution in [2.75, 3.05) is 6.54 Å². The number of aromatic amines is 1. The van der Waals surface area contributed by atoms with E-state index >= 15 is 0 Å². The molecule has 17 heavy (non-hydrogen) atoms. The van der Waals surface area contributed by atoms with Gasteiger partial charge in [-0.3, -0.25) is 9.78 Å². The van der Waals surface area contributed by atoms with Crippen molar-refractivity contribution >= 4 is 12.4 Å². The molecule has 2 aromatic heterocycles. The molecule has 94 valence electrons. The molecule has 2 heterocycles. The maximum absolute atomic E-state index is 4.24. The first kappa shape index (κ1) is 13.7. The maximum Gasteiger partial charge on any atom is 0.0518 e. The smallest absolute Gasteiger partial charge is 0.0518 e. The van der Waals surface area contributed by atoms with E-state index in [2.05, 4.69) is 33.7 Å². The molecule has 0 spiro atoms. The van der Waals surface area contributed by atoms with Gasteiger partial charge in [0.15, 0.2) is 0 Å². The van der Waals surface area contributed by atoms with Crippen molar-refractivity contribution in [1.29, 1.82) is 0 Å². The predicted molar refractivity (Wildman–Crippen MR) is 69.1 cm³/mol. The summed E-state index contributed by atoms with van der Waals surface area (Å²) >= 11 is 0. The molecule has 0 bridgehead atoms. The van der Waals surface area contributed by atoms with Gasteiger partial charge in [-0.1, -0.05) is 0 Å². The molecule has 2 N–H and O–H groups in total. The van der Waals surface area contributed by atoms with Crippen LogP contribution in [0.4, 0.5) is 0 Å². The Morgan fingerprint density at radius 3 is 3.00 bits per heavy atom. The van der Waals surface area contributed by atoms with E-state index in [0.29, 0.717) is 0 Å². The van der Waals surface area contributed by atoms with Crippen molar-refractivity contribution in [3.05, 3.63) is 35.9 Å². The molecule has 2 aromatic rings. The minimum Gasteiger partial charge on any atom is -0.311 e. The SMILES string of the molecule is Cc1cnn(CCCNCc2ccn[nH]2)c1.Cl. The van der Waals surface area contributed by atoms with Crippen LogP contribution in [0.2, 0.25) is 0 Å². The van der Waals surface area contributed by atoms with Crippen molar-refractivity contribution in [1.82, 2.24) is 25.3 Å². The number of aryl methyl sites for hydroxylation is 2. The number of hydrogen-bond acceptors (Lipinski definition) is 3. The van der Waals surface area contributed by atoms with E-state index in [1.54, 1.807) is 6.20 Å². The number of aromatic nitrogens is 4. The summed E-state index contributed by atoms with van der Waals surface area (Å²) in [5.41, 5.74) is 2.33. The molecule has 6 heteroatoms. The molecule has 0 atom stereocenters. The second kappa shape index (κ2) is 7.09. The number of halogens is 1. The number of nitrogens with one attached hydrogen (secondary N) is 2. The number of H-pyrrole nitrogens is 1. The van der Waals surface area contributed by atoms with Gasteiger partial charge in [0.05, 0.1) is 6.20 Å². The molecule has 0 saturated heterocycles. The summed E-state index contributed by atoms with van der Waals surface area (Å²) in [6.45, 7) is 4.85. The topological polar surface area (TPSA) is 58.5 Å². The molecule has 0 aromatic carbocycles. The van der Waals surface area contributed by atoms with Gasteiger partial charge in [0.1, 0.15) is 0 Å². The second-order valence-corrected chi connectivity index (χ2v) is 3.89. The van der Waals surface area contributed by atoms with Gasteiger partial charge in [0.25, 0.3) is 0 Å². The molecule has 0 radical (unpaired) electrons. The number of nitrogens with zero attached hydrogens (tertiary/aromatic N) is 3. The third-order valence-corrected chi connectivity index (χ3v) is 2.38. The lowest BCUT2D eigenvalue weighted by atomic mass is 10.4. The third-order valence-electron chi connectivity index (χ3n) is 2.38. The van der Waals surface area contributed by atoms with Crippen molar-refractivity contribution in [3.8, 4) is 0 Å². The Bertz CT molecular complexity index is 409. The summed E-state index contributed by atoms with van der Waals surface area (Å²) in [6.07, 6.45) is 6.80. The molecule has 0 saturated carbocycles. The Kier molecular flexibility index (Phi) is 5.72. The van der Waals surface area contributed by atoms with Crippen LogP contribution in [0.1, 0.15) is 17.7 Å². The normalized spacial score (nSPS) is 10.2. The van der Waals surface area contributed by atoms with Crippen molar-refractivity contribution in [2.24, 2.45) is 0 Å². The van der Waals surface area contributed by atoms with Gasteiger partial charge in [-0.15, -0.1) is 12.4 Å². The molecular weight excluding hydrogens is 238 g/mol. The van der Waals surface area contributed by atoms with Gasteiger partial charge in [-0.2, -0.15) is 10.2 Å². The van der Waals surface area contributed by atoms with Gasteiger partial charge in [0, 0.05) is 31.2 Å². The van der Waals surface area contributed by atoms with Gasteiger partial charge in [-0.25, -0.2) is 0 Å². The van der Waals surface area contributed by atoms with Crippen molar-refractivity contribution < 1.29 is 0 Å². The van der Waals surface area contributed by atoms with Gasteiger partial charge in [0.2, 0.25) is 0 Å². The predicted octanol–water partition coefficient (Wildman–Crippen LogP) is 1.52. The maximum atomic E-state index is 4.24. The fourth-order valence-electron chi connectivity index (χ4n) is 1.56. The molecule has 0 aliphatic rings. The lowest BCUT2D eigenvalue weighted by Crippen LogP contribution is -2.16. The summed E-state index contributed by atoms with van der Waals surface area (Å²) in [5, 5.41) is 14.4. The zero-order valence-corrected chi connectivity index (χ0v) is 10.7. The zero-order valence-electron chi connectivity index (χ0n) is 9.89. The van der Waals surface area contributed by atoms with E-state index in [1.165, 1.54) is 5.56 Å². The van der Waals surface area contributed by atoms with Crippen molar-refractivity contribution in [2.45, 2.75) is 26.4 Å². The summed E-state index contributed by atoms with van der Waals surface area (Å²) < 4.78 is 1.98. The fourth-order valence-corrected chi connectivity index (χ4v) is 1.56. The monoisotopic (exact) mass is 255 g/mol. The highest BCUT2D eigenvalue weighted by Gasteiger charge is 1.95. The average molecular weight is 256 g/mol. The standard InChI is InChI=1S/C11H17N5.ClH/c1-10-7-14-16(9-10)6-2-4-12-8-11-3-5-13-15-11;/h3,5,7,9,12H,2,4,6,8H2,1H3,(H,13,15);1H. The molecule has 2 rings (SSSR count). The van der Waals surface area contributed by atoms with Crippen LogP contribution in [-0.2, 0) is 13.1 Å². The Labute approximate surface area is 107 Å². The zero-order chi connectivity index (χ0) is 11.2. The summed E-state index contributed by atoms with van der Waals surface area (Å²) in [7, 11) is 0. The minimum atomic E-state index is 0. The van der Waals surface area contributed by atoms with Crippen LogP contribution in [0.25, 0.3) is 0 Å². The second-order valence-electron chi connectivity index (χ2n) is 3.89. The molecule has 0 fully saturated rings. The largest absolute Gasteiger partial charge is 0.311 e. The fraction of sp³-hybridized carbons (Fsp3) is 0.455. The van der Waals surface area contributed by atoms with Crippen LogP contribution in [0.3, 0.4) is 0 Å². The van der Waals surface area contributed by atoms with E-state index in [4.69, 9.17) is 0 Å². The Hall–Kier alpha value is -1.33. The first-order chi connectivity index (χ1) is 7.84. The first-order valence-electron chi connectivity index (χ1n) is 5.52. The number of rotatable bonds is 6. The summed E-state index contributed by atoms with van der Waals surface area (Å²) in [6, 6.07) is 1.98. The summed E-state index contributed by atoms with van der Waals surface area (Å²) in [5.74, 6) is 0. The molecule has 0 amide bonds. The average Bonchev–Trinajstić information content (AvgIpc) is 2.89. The van der Waals surface area contributed by atoms with E-state index < -0.39 is 0 Å². The lowest BCUT2D eigenvalue weighted by molar-refractivity contribution is 0.541. The van der Waals surface area contributed by atoms with Gasteiger partial charge < -0.3 is 5.32 Å². The molecule has 0 unspecified atom stereocenters. The van der Waals surface area contributed by atoms with Crippen LogP contribution in [0.5, 0.6) is 0 Å². The van der Waals surface area contributed by atoms with E-state index in [-0.39, 0.29) is 12.4 Å².